The Morgan fingerprint density at radius 2 is 2.04 bits per heavy atom. The summed E-state index contributed by atoms with van der Waals surface area (Å²) >= 11 is 0. The normalized spacial score (nSPS) is 18.9. The summed E-state index contributed by atoms with van der Waals surface area (Å²) in [6.07, 6.45) is 4.71. The first-order valence-corrected chi connectivity index (χ1v) is 9.05. The van der Waals surface area contributed by atoms with E-state index in [0.29, 0.717) is 18.5 Å². The van der Waals surface area contributed by atoms with Gasteiger partial charge in [0.25, 0.3) is 11.8 Å². The van der Waals surface area contributed by atoms with Crippen molar-refractivity contribution >= 4 is 23.1 Å². The fourth-order valence-electron chi connectivity index (χ4n) is 3.41. The van der Waals surface area contributed by atoms with E-state index in [9.17, 15) is 19.1 Å². The molecular formula is C20H19FN4O3. The van der Waals surface area contributed by atoms with E-state index >= 15 is 0 Å². The number of halogens is 1. The number of pyridine rings is 1. The average molecular weight is 382 g/mol. The molecule has 2 atom stereocenters. The molecule has 3 aromatic rings. The lowest BCUT2D eigenvalue weighted by Crippen LogP contribution is -2.39. The Labute approximate surface area is 160 Å². The molecule has 2 amide bonds. The number of amides is 2. The predicted octanol–water partition coefficient (Wildman–Crippen LogP) is 2.37. The number of hydrogen-bond acceptors (Lipinski definition) is 4. The van der Waals surface area contributed by atoms with Crippen LogP contribution in [0.15, 0.2) is 48.8 Å². The molecule has 8 heteroatoms. The smallest absolute Gasteiger partial charge is 0.274 e. The lowest BCUT2D eigenvalue weighted by atomic mass is 10.1. The Kier molecular flexibility index (Phi) is 4.79. The molecule has 1 saturated carbocycles. The summed E-state index contributed by atoms with van der Waals surface area (Å²) in [5.74, 6) is -1.61. The van der Waals surface area contributed by atoms with Crippen molar-refractivity contribution in [2.45, 2.75) is 31.4 Å². The predicted molar refractivity (Wildman–Crippen MR) is 101 cm³/mol. The zero-order valence-corrected chi connectivity index (χ0v) is 14.9. The minimum atomic E-state index is -0.653. The van der Waals surface area contributed by atoms with Crippen molar-refractivity contribution in [3.8, 4) is 0 Å². The molecule has 1 fully saturated rings. The number of anilines is 1. The largest absolute Gasteiger partial charge is 0.391 e. The van der Waals surface area contributed by atoms with Crippen LogP contribution in [-0.2, 0) is 0 Å². The van der Waals surface area contributed by atoms with Crippen molar-refractivity contribution in [2.24, 2.45) is 0 Å². The van der Waals surface area contributed by atoms with Gasteiger partial charge in [-0.05, 0) is 49.6 Å². The van der Waals surface area contributed by atoms with Crippen LogP contribution in [0.1, 0.15) is 40.1 Å². The van der Waals surface area contributed by atoms with Crippen molar-refractivity contribution in [1.82, 2.24) is 14.7 Å². The van der Waals surface area contributed by atoms with E-state index in [2.05, 4.69) is 15.6 Å². The third-order valence-corrected chi connectivity index (χ3v) is 4.92. The van der Waals surface area contributed by atoms with Crippen molar-refractivity contribution < 1.29 is 19.1 Å². The fourth-order valence-corrected chi connectivity index (χ4v) is 3.41. The van der Waals surface area contributed by atoms with Crippen LogP contribution in [-0.4, -0.2) is 38.5 Å². The first-order chi connectivity index (χ1) is 13.5. The molecule has 4 rings (SSSR count). The van der Waals surface area contributed by atoms with Gasteiger partial charge < -0.3 is 15.7 Å². The van der Waals surface area contributed by atoms with Crippen molar-refractivity contribution in [1.29, 1.82) is 0 Å². The van der Waals surface area contributed by atoms with Gasteiger partial charge in [-0.1, -0.05) is 6.07 Å². The first kappa shape index (κ1) is 18.1. The van der Waals surface area contributed by atoms with E-state index in [1.807, 2.05) is 0 Å². The molecule has 1 aromatic carbocycles. The van der Waals surface area contributed by atoms with E-state index in [-0.39, 0.29) is 23.0 Å². The SMILES string of the molecule is O=C(N[C@H]1CCC[C@H]1O)c1ccc(F)c(NC(=O)c2cnc3ccccn23)c1. The number of aromatic nitrogens is 2. The molecule has 0 saturated heterocycles. The molecule has 28 heavy (non-hydrogen) atoms. The average Bonchev–Trinajstić information content (AvgIpc) is 3.30. The molecule has 0 radical (unpaired) electrons. The number of nitrogens with zero attached hydrogens (tertiary/aromatic N) is 2. The third-order valence-electron chi connectivity index (χ3n) is 4.92. The van der Waals surface area contributed by atoms with E-state index in [0.717, 1.165) is 12.5 Å². The van der Waals surface area contributed by atoms with Gasteiger partial charge in [0.05, 0.1) is 24.0 Å². The second-order valence-corrected chi connectivity index (χ2v) is 6.80. The van der Waals surface area contributed by atoms with E-state index in [4.69, 9.17) is 0 Å². The maximum absolute atomic E-state index is 14.2. The topological polar surface area (TPSA) is 95.7 Å². The number of imidazole rings is 1. The van der Waals surface area contributed by atoms with Gasteiger partial charge in [0.15, 0.2) is 0 Å². The van der Waals surface area contributed by atoms with E-state index < -0.39 is 23.7 Å². The number of benzene rings is 1. The highest BCUT2D eigenvalue weighted by Gasteiger charge is 2.27. The number of nitrogens with one attached hydrogen (secondary N) is 2. The monoisotopic (exact) mass is 382 g/mol. The first-order valence-electron chi connectivity index (χ1n) is 9.05. The number of carbonyl (C=O) groups is 2. The van der Waals surface area contributed by atoms with Gasteiger partial charge in [0.2, 0.25) is 0 Å². The van der Waals surface area contributed by atoms with Crippen LogP contribution in [0.5, 0.6) is 0 Å². The van der Waals surface area contributed by atoms with E-state index in [1.165, 1.54) is 18.3 Å². The lowest BCUT2D eigenvalue weighted by molar-refractivity contribution is 0.0872. The fraction of sp³-hybridized carbons (Fsp3) is 0.250. The van der Waals surface area contributed by atoms with E-state index in [1.54, 1.807) is 28.8 Å². The van der Waals surface area contributed by atoms with Crippen LogP contribution in [0.2, 0.25) is 0 Å². The third kappa shape index (κ3) is 3.46. The Bertz CT molecular complexity index is 1050. The Morgan fingerprint density at radius 3 is 2.82 bits per heavy atom. The Hall–Kier alpha value is -3.26. The minimum Gasteiger partial charge on any atom is -0.391 e. The molecule has 0 bridgehead atoms. The van der Waals surface area contributed by atoms with Crippen molar-refractivity contribution in [2.75, 3.05) is 5.32 Å². The molecule has 1 aliphatic rings. The van der Waals surface area contributed by atoms with Crippen LogP contribution in [0.4, 0.5) is 10.1 Å². The highest BCUT2D eigenvalue weighted by molar-refractivity contribution is 6.04. The zero-order chi connectivity index (χ0) is 19.7. The summed E-state index contributed by atoms with van der Waals surface area (Å²) in [5.41, 5.74) is 0.944. The standard InChI is InChI=1S/C20H19FN4O3/c21-13-8-7-12(19(27)23-14-4-3-5-17(14)26)10-15(13)24-20(28)16-11-22-18-6-1-2-9-25(16)18/h1-2,6-11,14,17,26H,3-5H2,(H,23,27)(H,24,28)/t14-,17+/m0/s1. The summed E-state index contributed by atoms with van der Waals surface area (Å²) in [4.78, 5) is 29.1. The Morgan fingerprint density at radius 1 is 1.18 bits per heavy atom. The van der Waals surface area contributed by atoms with Gasteiger partial charge in [-0.2, -0.15) is 0 Å². The van der Waals surface area contributed by atoms with Gasteiger partial charge in [-0.3, -0.25) is 14.0 Å². The highest BCUT2D eigenvalue weighted by atomic mass is 19.1. The summed E-state index contributed by atoms with van der Waals surface area (Å²) in [7, 11) is 0. The van der Waals surface area contributed by atoms with Gasteiger partial charge >= 0.3 is 0 Å². The number of carbonyl (C=O) groups excluding carboxylic acids is 2. The number of rotatable bonds is 4. The molecule has 0 unspecified atom stereocenters. The molecule has 3 N–H and O–H groups in total. The van der Waals surface area contributed by atoms with Crippen LogP contribution < -0.4 is 10.6 Å². The summed E-state index contributed by atoms with van der Waals surface area (Å²) in [6, 6.07) is 8.75. The molecule has 0 spiro atoms. The minimum absolute atomic E-state index is 0.101. The lowest BCUT2D eigenvalue weighted by Gasteiger charge is -2.17. The molecule has 0 aliphatic heterocycles. The van der Waals surface area contributed by atoms with Crippen molar-refractivity contribution in [3.63, 3.8) is 0 Å². The molecule has 7 nitrogen and oxygen atoms in total. The molecule has 2 aromatic heterocycles. The van der Waals surface area contributed by atoms with Gasteiger partial charge in [-0.15, -0.1) is 0 Å². The number of aliphatic hydroxyl groups excluding tert-OH is 1. The van der Waals surface area contributed by atoms with Crippen LogP contribution in [0, 0.1) is 5.82 Å². The second kappa shape index (κ2) is 7.40. The zero-order valence-electron chi connectivity index (χ0n) is 14.9. The van der Waals surface area contributed by atoms with Gasteiger partial charge in [0, 0.05) is 11.8 Å². The summed E-state index contributed by atoms with van der Waals surface area (Å²) in [6.45, 7) is 0. The Balaban J connectivity index is 1.54. The second-order valence-electron chi connectivity index (χ2n) is 6.80. The van der Waals surface area contributed by atoms with Crippen LogP contribution in [0.3, 0.4) is 0 Å². The highest BCUT2D eigenvalue weighted by Crippen LogP contribution is 2.21. The summed E-state index contributed by atoms with van der Waals surface area (Å²) < 4.78 is 15.8. The van der Waals surface area contributed by atoms with Gasteiger partial charge in [0.1, 0.15) is 17.2 Å². The van der Waals surface area contributed by atoms with Crippen molar-refractivity contribution in [3.05, 3.63) is 65.9 Å². The molecule has 2 heterocycles. The van der Waals surface area contributed by atoms with Crippen LogP contribution in [0.25, 0.3) is 5.65 Å². The number of hydrogen-bond donors (Lipinski definition) is 3. The van der Waals surface area contributed by atoms with Crippen LogP contribution >= 0.6 is 0 Å². The molecule has 1 aliphatic carbocycles. The summed E-state index contributed by atoms with van der Waals surface area (Å²) in [5, 5.41) is 15.1. The maximum atomic E-state index is 14.2. The number of aliphatic hydroxyl groups is 1. The molecular weight excluding hydrogens is 363 g/mol. The number of fused-ring (bicyclic) bond motifs is 1. The maximum Gasteiger partial charge on any atom is 0.274 e. The molecule has 144 valence electrons. The quantitative estimate of drug-likeness (QED) is 0.646. The van der Waals surface area contributed by atoms with Gasteiger partial charge in [-0.25, -0.2) is 9.37 Å².